The molecule has 1 aromatic carbocycles. The maximum absolute atomic E-state index is 5.89. The second kappa shape index (κ2) is 4.74. The first-order valence-electron chi connectivity index (χ1n) is 5.76. The minimum Gasteiger partial charge on any atom is -0.493 e. The third kappa shape index (κ3) is 2.30. The van der Waals surface area contributed by atoms with Gasteiger partial charge >= 0.3 is 0 Å². The normalized spacial score (nSPS) is 18.4. The highest BCUT2D eigenvalue weighted by atomic mass is 16.5. The lowest BCUT2D eigenvalue weighted by Crippen LogP contribution is -2.34. The fourth-order valence-corrected chi connectivity index (χ4v) is 1.95. The largest absolute Gasteiger partial charge is 0.493 e. The summed E-state index contributed by atoms with van der Waals surface area (Å²) in [7, 11) is 1.68. The molecule has 0 bridgehead atoms. The zero-order chi connectivity index (χ0) is 11.5. The number of methoxy groups -OCH3 is 1. The van der Waals surface area contributed by atoms with Gasteiger partial charge in [-0.1, -0.05) is 26.0 Å². The van der Waals surface area contributed by atoms with Gasteiger partial charge in [0.05, 0.1) is 7.11 Å². The summed E-state index contributed by atoms with van der Waals surface area (Å²) in [6.07, 6.45) is 1.19. The van der Waals surface area contributed by atoms with E-state index >= 15 is 0 Å². The van der Waals surface area contributed by atoms with Gasteiger partial charge in [-0.05, 0) is 6.07 Å². The summed E-state index contributed by atoms with van der Waals surface area (Å²) < 4.78 is 11.2. The van der Waals surface area contributed by atoms with Crippen molar-refractivity contribution < 1.29 is 9.47 Å². The van der Waals surface area contributed by atoms with Crippen LogP contribution in [0.4, 0.5) is 0 Å². The predicted octanol–water partition coefficient (Wildman–Crippen LogP) is 2.00. The molecule has 1 aromatic rings. The Hall–Kier alpha value is -1.22. The summed E-state index contributed by atoms with van der Waals surface area (Å²) in [4.78, 5) is 0. The summed E-state index contributed by atoms with van der Waals surface area (Å²) >= 11 is 0. The van der Waals surface area contributed by atoms with Gasteiger partial charge in [-0.15, -0.1) is 0 Å². The van der Waals surface area contributed by atoms with Crippen LogP contribution in [0, 0.1) is 0 Å². The first-order valence-corrected chi connectivity index (χ1v) is 5.76. The number of rotatable bonds is 4. The van der Waals surface area contributed by atoms with Gasteiger partial charge in [-0.25, -0.2) is 0 Å². The van der Waals surface area contributed by atoms with Crippen LogP contribution in [0.2, 0.25) is 0 Å². The Morgan fingerprint density at radius 2 is 2.31 bits per heavy atom. The van der Waals surface area contributed by atoms with Crippen molar-refractivity contribution in [2.24, 2.45) is 0 Å². The van der Waals surface area contributed by atoms with E-state index in [9.17, 15) is 0 Å². The Balaban J connectivity index is 2.03. The van der Waals surface area contributed by atoms with Crippen LogP contribution in [0.1, 0.15) is 19.4 Å². The fraction of sp³-hybridized carbons (Fsp3) is 0.538. The number of ether oxygens (including phenoxy) is 2. The molecule has 0 radical (unpaired) electrons. The summed E-state index contributed by atoms with van der Waals surface area (Å²) in [5, 5.41) is 3.39. The van der Waals surface area contributed by atoms with Gasteiger partial charge in [0, 0.05) is 24.6 Å². The standard InChI is InChI=1S/C13H19NO2/c1-9(2)14-8-11-7-10-5-4-6-12(15-3)13(10)16-11/h4-6,9,11,14H,7-8H2,1-3H3. The van der Waals surface area contributed by atoms with Crippen molar-refractivity contribution in [3.8, 4) is 11.5 Å². The van der Waals surface area contributed by atoms with E-state index in [1.165, 1.54) is 5.56 Å². The number of hydrogen-bond acceptors (Lipinski definition) is 3. The van der Waals surface area contributed by atoms with Crippen LogP contribution < -0.4 is 14.8 Å². The smallest absolute Gasteiger partial charge is 0.164 e. The fourth-order valence-electron chi connectivity index (χ4n) is 1.95. The van der Waals surface area contributed by atoms with Crippen molar-refractivity contribution in [2.75, 3.05) is 13.7 Å². The lowest BCUT2D eigenvalue weighted by atomic mass is 10.1. The molecular weight excluding hydrogens is 202 g/mol. The molecule has 0 saturated heterocycles. The topological polar surface area (TPSA) is 30.5 Å². The monoisotopic (exact) mass is 221 g/mol. The van der Waals surface area contributed by atoms with E-state index in [1.54, 1.807) is 7.11 Å². The lowest BCUT2D eigenvalue weighted by molar-refractivity contribution is 0.216. The van der Waals surface area contributed by atoms with Gasteiger partial charge in [0.25, 0.3) is 0 Å². The third-order valence-corrected chi connectivity index (χ3v) is 2.77. The highest BCUT2D eigenvalue weighted by molar-refractivity contribution is 5.49. The molecular formula is C13H19NO2. The summed E-state index contributed by atoms with van der Waals surface area (Å²) in [5.74, 6) is 1.75. The first kappa shape index (κ1) is 11.3. The second-order valence-electron chi connectivity index (χ2n) is 4.46. The van der Waals surface area contributed by atoms with Crippen LogP contribution in [0.3, 0.4) is 0 Å². The maximum atomic E-state index is 5.89. The maximum Gasteiger partial charge on any atom is 0.164 e. The zero-order valence-corrected chi connectivity index (χ0v) is 10.1. The van der Waals surface area contributed by atoms with Crippen LogP contribution >= 0.6 is 0 Å². The van der Waals surface area contributed by atoms with Crippen LogP contribution in [-0.4, -0.2) is 25.8 Å². The van der Waals surface area contributed by atoms with E-state index in [2.05, 4.69) is 25.2 Å². The van der Waals surface area contributed by atoms with E-state index in [-0.39, 0.29) is 6.10 Å². The molecule has 3 heteroatoms. The van der Waals surface area contributed by atoms with Crippen LogP contribution in [0.15, 0.2) is 18.2 Å². The number of para-hydroxylation sites is 1. The Bertz CT molecular complexity index is 363. The Morgan fingerprint density at radius 1 is 1.50 bits per heavy atom. The van der Waals surface area contributed by atoms with Crippen molar-refractivity contribution in [1.82, 2.24) is 5.32 Å². The highest BCUT2D eigenvalue weighted by Gasteiger charge is 2.25. The Labute approximate surface area is 96.8 Å². The molecule has 0 fully saturated rings. The number of fused-ring (bicyclic) bond motifs is 1. The first-order chi connectivity index (χ1) is 7.70. The van der Waals surface area contributed by atoms with Crippen LogP contribution in [-0.2, 0) is 6.42 Å². The molecule has 0 spiro atoms. The zero-order valence-electron chi connectivity index (χ0n) is 10.1. The highest BCUT2D eigenvalue weighted by Crippen LogP contribution is 2.37. The Kier molecular flexibility index (Phi) is 3.34. The molecule has 16 heavy (non-hydrogen) atoms. The average molecular weight is 221 g/mol. The van der Waals surface area contributed by atoms with E-state index < -0.39 is 0 Å². The summed E-state index contributed by atoms with van der Waals surface area (Å²) in [6.45, 7) is 5.17. The average Bonchev–Trinajstić information content (AvgIpc) is 2.68. The van der Waals surface area contributed by atoms with Crippen molar-refractivity contribution >= 4 is 0 Å². The van der Waals surface area contributed by atoms with E-state index in [1.807, 2.05) is 12.1 Å². The third-order valence-electron chi connectivity index (χ3n) is 2.77. The van der Waals surface area contributed by atoms with Crippen molar-refractivity contribution in [1.29, 1.82) is 0 Å². The van der Waals surface area contributed by atoms with Crippen LogP contribution in [0.5, 0.6) is 11.5 Å². The molecule has 1 heterocycles. The quantitative estimate of drug-likeness (QED) is 0.843. The van der Waals surface area contributed by atoms with E-state index in [0.29, 0.717) is 6.04 Å². The number of nitrogens with one attached hydrogen (secondary N) is 1. The van der Waals surface area contributed by atoms with Gasteiger partial charge < -0.3 is 14.8 Å². The van der Waals surface area contributed by atoms with Crippen LogP contribution in [0.25, 0.3) is 0 Å². The number of hydrogen-bond donors (Lipinski definition) is 1. The minimum absolute atomic E-state index is 0.230. The van der Waals surface area contributed by atoms with Gasteiger partial charge in [0.1, 0.15) is 6.10 Å². The van der Waals surface area contributed by atoms with E-state index in [4.69, 9.17) is 9.47 Å². The summed E-state index contributed by atoms with van der Waals surface area (Å²) in [5.41, 5.74) is 1.25. The van der Waals surface area contributed by atoms with Gasteiger partial charge in [0.2, 0.25) is 0 Å². The molecule has 0 aromatic heterocycles. The van der Waals surface area contributed by atoms with Crippen molar-refractivity contribution in [2.45, 2.75) is 32.4 Å². The Morgan fingerprint density at radius 3 is 3.00 bits per heavy atom. The molecule has 0 amide bonds. The molecule has 2 rings (SSSR count). The molecule has 1 atom stereocenters. The van der Waals surface area contributed by atoms with Crippen molar-refractivity contribution in [3.63, 3.8) is 0 Å². The molecule has 1 unspecified atom stereocenters. The summed E-state index contributed by atoms with van der Waals surface area (Å²) in [6, 6.07) is 6.55. The molecule has 3 nitrogen and oxygen atoms in total. The molecule has 88 valence electrons. The van der Waals surface area contributed by atoms with Crippen molar-refractivity contribution in [3.05, 3.63) is 23.8 Å². The molecule has 0 saturated carbocycles. The minimum atomic E-state index is 0.230. The second-order valence-corrected chi connectivity index (χ2v) is 4.46. The lowest BCUT2D eigenvalue weighted by Gasteiger charge is -2.14. The molecule has 1 aliphatic heterocycles. The van der Waals surface area contributed by atoms with Gasteiger partial charge in [-0.3, -0.25) is 0 Å². The number of benzene rings is 1. The SMILES string of the molecule is COc1cccc2c1OC(CNC(C)C)C2. The predicted molar refractivity (Wildman–Crippen MR) is 64.3 cm³/mol. The van der Waals surface area contributed by atoms with Gasteiger partial charge in [0.15, 0.2) is 11.5 Å². The molecule has 1 aliphatic rings. The molecule has 0 aliphatic carbocycles. The van der Waals surface area contributed by atoms with E-state index in [0.717, 1.165) is 24.5 Å². The van der Waals surface area contributed by atoms with Gasteiger partial charge in [-0.2, -0.15) is 0 Å². The molecule has 1 N–H and O–H groups in total.